The van der Waals surface area contributed by atoms with E-state index in [1.54, 1.807) is 6.07 Å². The molecule has 3 aromatic rings. The number of aromatic nitrogens is 1. The number of benzene rings is 1. The summed E-state index contributed by atoms with van der Waals surface area (Å²) >= 11 is 7.11. The molecule has 4 rings (SSSR count). The monoisotopic (exact) mass is 577 g/mol. The average Bonchev–Trinajstić information content (AvgIpc) is 3.43. The van der Waals surface area contributed by atoms with Gasteiger partial charge in [0, 0.05) is 28.4 Å². The zero-order chi connectivity index (χ0) is 27.4. The number of amidine groups is 1. The fourth-order valence-electron chi connectivity index (χ4n) is 3.14. The summed E-state index contributed by atoms with van der Waals surface area (Å²) in [6.07, 6.45) is -3.21. The summed E-state index contributed by atoms with van der Waals surface area (Å²) in [4.78, 5) is 31.2. The predicted molar refractivity (Wildman–Crippen MR) is 131 cm³/mol. The van der Waals surface area contributed by atoms with Crippen molar-refractivity contribution < 1.29 is 36.3 Å². The average molecular weight is 578 g/mol. The van der Waals surface area contributed by atoms with Gasteiger partial charge in [-0.1, -0.05) is 41.9 Å². The van der Waals surface area contributed by atoms with Crippen molar-refractivity contribution in [2.45, 2.75) is 22.8 Å². The number of carbonyl (C=O) groups excluding carboxylic acids is 1. The summed E-state index contributed by atoms with van der Waals surface area (Å²) in [5.74, 6) is -2.76. The first-order chi connectivity index (χ1) is 17.3. The Morgan fingerprint density at radius 1 is 1.30 bits per heavy atom. The van der Waals surface area contributed by atoms with Crippen molar-refractivity contribution in [2.24, 2.45) is 10.7 Å². The van der Waals surface area contributed by atoms with Gasteiger partial charge in [-0.2, -0.15) is 17.9 Å². The predicted octanol–water partition coefficient (Wildman–Crippen LogP) is 2.83. The number of alkyl halides is 3. The van der Waals surface area contributed by atoms with Crippen LogP contribution < -0.4 is 10.5 Å². The second-order valence-electron chi connectivity index (χ2n) is 7.50. The van der Waals surface area contributed by atoms with E-state index in [1.807, 2.05) is 30.3 Å². The number of hydrogen-bond donors (Lipinski definition) is 3. The molecule has 1 aliphatic rings. The highest BCUT2D eigenvalue weighted by atomic mass is 35.5. The summed E-state index contributed by atoms with van der Waals surface area (Å²) < 4.78 is 60.6. The number of nitrogens with zero attached hydrogens (tertiary/aromatic N) is 3. The lowest BCUT2D eigenvalue weighted by molar-refractivity contribution is -0.192. The number of hydrogen-bond acceptors (Lipinski definition) is 7. The van der Waals surface area contributed by atoms with Crippen molar-refractivity contribution in [1.82, 2.24) is 14.6 Å². The van der Waals surface area contributed by atoms with Crippen molar-refractivity contribution in [3.63, 3.8) is 0 Å². The number of halogens is 4. The first-order valence-electron chi connectivity index (χ1n) is 10.3. The number of nitrogens with two attached hydrogens (primary N) is 1. The number of fused-ring (bicyclic) bond motifs is 1. The number of carboxylic acid groups (broad SMARTS) is 1. The molecule has 1 amide bonds. The molecule has 198 valence electrons. The topological polar surface area (TPSA) is 155 Å². The normalized spacial score (nSPS) is 16.5. The lowest BCUT2D eigenvalue weighted by Crippen LogP contribution is -2.41. The molecule has 3 heterocycles. The molecular formula is C21H19ClF3N5O5S2. The van der Waals surface area contributed by atoms with Crippen LogP contribution in [0.4, 0.5) is 13.2 Å². The minimum absolute atomic E-state index is 0.0714. The molecule has 1 aliphatic heterocycles. The fraction of sp³-hybridized carbons (Fsp3) is 0.238. The van der Waals surface area contributed by atoms with Crippen LogP contribution in [0.25, 0.3) is 10.1 Å². The summed E-state index contributed by atoms with van der Waals surface area (Å²) in [6, 6.07) is 11.5. The lowest BCUT2D eigenvalue weighted by atomic mass is 10.2. The number of sulfonamides is 1. The Morgan fingerprint density at radius 2 is 1.95 bits per heavy atom. The highest BCUT2D eigenvalue weighted by molar-refractivity contribution is 7.91. The van der Waals surface area contributed by atoms with Crippen LogP contribution in [-0.2, 0) is 19.6 Å². The van der Waals surface area contributed by atoms with Gasteiger partial charge in [-0.15, -0.1) is 11.3 Å². The third-order valence-corrected chi connectivity index (χ3v) is 8.30. The van der Waals surface area contributed by atoms with Crippen LogP contribution in [0.15, 0.2) is 57.9 Å². The lowest BCUT2D eigenvalue weighted by Gasteiger charge is -2.15. The molecule has 0 spiro atoms. The van der Waals surface area contributed by atoms with Gasteiger partial charge in [-0.05, 0) is 18.6 Å². The van der Waals surface area contributed by atoms with Crippen molar-refractivity contribution >= 4 is 60.8 Å². The van der Waals surface area contributed by atoms with Gasteiger partial charge in [-0.3, -0.25) is 4.79 Å². The van der Waals surface area contributed by atoms with Crippen LogP contribution in [0.2, 0.25) is 5.15 Å². The van der Waals surface area contributed by atoms with Crippen LogP contribution in [0.5, 0.6) is 0 Å². The number of amides is 1. The Morgan fingerprint density at radius 3 is 2.54 bits per heavy atom. The van der Waals surface area contributed by atoms with Gasteiger partial charge in [-0.25, -0.2) is 23.2 Å². The minimum Gasteiger partial charge on any atom is -0.475 e. The van der Waals surface area contributed by atoms with Gasteiger partial charge in [0.25, 0.3) is 10.0 Å². The Balaban J connectivity index is 0.000000479. The number of rotatable bonds is 6. The van der Waals surface area contributed by atoms with Gasteiger partial charge in [0.15, 0.2) is 0 Å². The number of aliphatic imine (C=N–C) groups is 1. The Bertz CT molecular complexity index is 1430. The highest BCUT2D eigenvalue weighted by Crippen LogP contribution is 2.32. The largest absolute Gasteiger partial charge is 0.490 e. The second-order valence-corrected chi connectivity index (χ2v) is 10.9. The summed E-state index contributed by atoms with van der Waals surface area (Å²) in [6.45, 7) is 0.460. The van der Waals surface area contributed by atoms with Crippen molar-refractivity contribution in [3.05, 3.63) is 59.4 Å². The van der Waals surface area contributed by atoms with E-state index in [0.717, 1.165) is 16.9 Å². The van der Waals surface area contributed by atoms with E-state index in [9.17, 15) is 26.4 Å². The molecule has 1 aromatic carbocycles. The van der Waals surface area contributed by atoms with Gasteiger partial charge in [0.1, 0.15) is 27.9 Å². The van der Waals surface area contributed by atoms with E-state index in [0.29, 0.717) is 28.9 Å². The molecule has 0 aliphatic carbocycles. The van der Waals surface area contributed by atoms with Crippen molar-refractivity contribution in [3.8, 4) is 0 Å². The van der Waals surface area contributed by atoms with Gasteiger partial charge < -0.3 is 15.7 Å². The number of carbonyl (C=O) groups is 2. The Kier molecular flexibility index (Phi) is 8.73. The van der Waals surface area contributed by atoms with E-state index in [1.165, 1.54) is 17.2 Å². The summed E-state index contributed by atoms with van der Waals surface area (Å²) in [5.41, 5.74) is 6.73. The van der Waals surface area contributed by atoms with Gasteiger partial charge in [0.05, 0.1) is 0 Å². The van der Waals surface area contributed by atoms with E-state index in [2.05, 4.69) is 14.7 Å². The molecule has 1 saturated heterocycles. The third kappa shape index (κ3) is 7.15. The molecule has 37 heavy (non-hydrogen) atoms. The molecule has 2 aromatic heterocycles. The number of thiophene rings is 1. The van der Waals surface area contributed by atoms with E-state index >= 15 is 0 Å². The Labute approximate surface area is 217 Å². The smallest absolute Gasteiger partial charge is 0.475 e. The van der Waals surface area contributed by atoms with Crippen LogP contribution in [0.3, 0.4) is 0 Å². The molecular weight excluding hydrogens is 559 g/mol. The zero-order valence-corrected chi connectivity index (χ0v) is 21.0. The van der Waals surface area contributed by atoms with E-state index in [4.69, 9.17) is 27.2 Å². The molecule has 4 N–H and O–H groups in total. The van der Waals surface area contributed by atoms with E-state index < -0.39 is 28.2 Å². The molecule has 0 bridgehead atoms. The number of aliphatic carboxylic acids is 1. The molecule has 10 nitrogen and oxygen atoms in total. The molecule has 16 heteroatoms. The molecule has 0 saturated carbocycles. The van der Waals surface area contributed by atoms with Crippen molar-refractivity contribution in [2.75, 3.05) is 13.2 Å². The van der Waals surface area contributed by atoms with Crippen LogP contribution in [-0.4, -0.2) is 66.6 Å². The summed E-state index contributed by atoms with van der Waals surface area (Å²) in [7, 11) is -3.88. The standard InChI is InChI=1S/C19H18ClN5O3S2.C2HF3O2/c20-17-13-10-16(29-15(13)6-8-22-17)30(27,28)24-14-7-9-25(19(14)26)11-23-18(21)12-4-2-1-3-5-12;3-2(4,5)1(6)7/h1-6,8,10,14,24H,7,9,11H2,(H2,21,23);(H,6,7)/t14-;/m0./s1. The van der Waals surface area contributed by atoms with Crippen LogP contribution >= 0.6 is 22.9 Å². The Hall–Kier alpha value is -3.27. The molecule has 0 unspecified atom stereocenters. The van der Waals surface area contributed by atoms with Gasteiger partial charge in [0.2, 0.25) is 5.91 Å². The highest BCUT2D eigenvalue weighted by Gasteiger charge is 2.38. The SMILES string of the molecule is NC(=NCN1CC[C@H](NS(=O)(=O)c2cc3c(Cl)nccc3s2)C1=O)c1ccccc1.O=C(O)C(F)(F)F. The van der Waals surface area contributed by atoms with Crippen LogP contribution in [0.1, 0.15) is 12.0 Å². The maximum Gasteiger partial charge on any atom is 0.490 e. The van der Waals surface area contributed by atoms with E-state index in [-0.39, 0.29) is 21.9 Å². The molecule has 1 atom stereocenters. The molecule has 0 radical (unpaired) electrons. The fourth-order valence-corrected chi connectivity index (χ4v) is 6.03. The van der Waals surface area contributed by atoms with Crippen molar-refractivity contribution in [1.29, 1.82) is 0 Å². The first kappa shape index (κ1) is 28.3. The maximum atomic E-state index is 12.8. The zero-order valence-electron chi connectivity index (χ0n) is 18.6. The van der Waals surface area contributed by atoms with Gasteiger partial charge >= 0.3 is 12.1 Å². The third-order valence-electron chi connectivity index (χ3n) is 4.96. The minimum atomic E-state index is -5.08. The number of nitrogens with one attached hydrogen (secondary N) is 1. The number of likely N-dealkylation sites (tertiary alicyclic amines) is 1. The number of carboxylic acids is 1. The second kappa shape index (κ2) is 11.4. The maximum absolute atomic E-state index is 12.8. The quantitative estimate of drug-likeness (QED) is 0.231. The summed E-state index contributed by atoms with van der Waals surface area (Å²) in [5, 5.41) is 7.93. The van der Waals surface area contributed by atoms with Crippen LogP contribution in [0, 0.1) is 0 Å². The first-order valence-corrected chi connectivity index (χ1v) is 13.0. The number of pyridine rings is 1. The molecule has 1 fully saturated rings.